The molecule has 96 valence electrons. The number of halogens is 3. The molecule has 1 N–H and O–H groups in total. The summed E-state index contributed by atoms with van der Waals surface area (Å²) < 4.78 is 15.9. The van der Waals surface area contributed by atoms with Crippen molar-refractivity contribution in [2.45, 2.75) is 19.8 Å². The average molecular weight is 351 g/mol. The van der Waals surface area contributed by atoms with E-state index in [2.05, 4.69) is 26.1 Å². The van der Waals surface area contributed by atoms with Crippen LogP contribution < -0.4 is 0 Å². The maximum Gasteiger partial charge on any atom is 0.199 e. The largest absolute Gasteiger partial charge is 0.269 e. The summed E-state index contributed by atoms with van der Waals surface area (Å²) >= 11 is 14.6. The van der Waals surface area contributed by atoms with Crippen LogP contribution in [0, 0.1) is 10.6 Å². The van der Waals surface area contributed by atoms with Gasteiger partial charge in [0.25, 0.3) is 0 Å². The summed E-state index contributed by atoms with van der Waals surface area (Å²) in [5, 5.41) is 7.18. The van der Waals surface area contributed by atoms with E-state index in [1.165, 1.54) is 12.1 Å². The Morgan fingerprint density at radius 3 is 2.89 bits per heavy atom. The van der Waals surface area contributed by atoms with E-state index in [0.717, 1.165) is 18.7 Å². The standard InChI is InChI=1S/C11H10BrClFN3S/c1-2-3-9-15-16-11(18)17(9)10-7(12)4-6(14)5-8(10)13/h4-5H,2-3H2,1H3,(H,16,18). The zero-order valence-corrected chi connectivity index (χ0v) is 12.7. The number of hydrogen-bond donors (Lipinski definition) is 1. The van der Waals surface area contributed by atoms with Crippen molar-refractivity contribution in [3.8, 4) is 5.69 Å². The molecular formula is C11H10BrClFN3S. The minimum absolute atomic E-state index is 0.289. The minimum atomic E-state index is -0.400. The molecule has 0 saturated heterocycles. The van der Waals surface area contributed by atoms with Crippen LogP contribution in [0.3, 0.4) is 0 Å². The van der Waals surface area contributed by atoms with Gasteiger partial charge >= 0.3 is 0 Å². The number of H-pyrrole nitrogens is 1. The summed E-state index contributed by atoms with van der Waals surface area (Å²) in [6.45, 7) is 2.05. The lowest BCUT2D eigenvalue weighted by atomic mass is 10.2. The van der Waals surface area contributed by atoms with Gasteiger partial charge in [-0.25, -0.2) is 4.39 Å². The second kappa shape index (κ2) is 5.50. The van der Waals surface area contributed by atoms with Gasteiger partial charge in [0.1, 0.15) is 11.6 Å². The van der Waals surface area contributed by atoms with Gasteiger partial charge in [0.2, 0.25) is 0 Å². The van der Waals surface area contributed by atoms with Gasteiger partial charge in [0, 0.05) is 10.9 Å². The second-order valence-electron chi connectivity index (χ2n) is 3.75. The van der Waals surface area contributed by atoms with Gasteiger partial charge in [-0.15, -0.1) is 0 Å². The quantitative estimate of drug-likeness (QED) is 0.830. The van der Waals surface area contributed by atoms with Crippen LogP contribution in [-0.2, 0) is 6.42 Å². The van der Waals surface area contributed by atoms with E-state index < -0.39 is 5.82 Å². The van der Waals surface area contributed by atoms with E-state index in [1.807, 2.05) is 6.92 Å². The van der Waals surface area contributed by atoms with Crippen molar-refractivity contribution >= 4 is 39.7 Å². The molecule has 0 fully saturated rings. The molecule has 7 heteroatoms. The highest BCUT2D eigenvalue weighted by molar-refractivity contribution is 9.10. The molecule has 1 aromatic heterocycles. The molecule has 0 aliphatic rings. The van der Waals surface area contributed by atoms with Gasteiger partial charge in [-0.2, -0.15) is 5.10 Å². The summed E-state index contributed by atoms with van der Waals surface area (Å²) in [5.41, 5.74) is 0.611. The highest BCUT2D eigenvalue weighted by atomic mass is 79.9. The number of benzene rings is 1. The number of nitrogens with one attached hydrogen (secondary N) is 1. The molecule has 0 aliphatic carbocycles. The molecule has 1 aromatic carbocycles. The molecule has 0 bridgehead atoms. The van der Waals surface area contributed by atoms with Crippen molar-refractivity contribution in [2.75, 3.05) is 0 Å². The van der Waals surface area contributed by atoms with Crippen molar-refractivity contribution < 1.29 is 4.39 Å². The van der Waals surface area contributed by atoms with E-state index in [0.29, 0.717) is 14.9 Å². The van der Waals surface area contributed by atoms with Crippen LogP contribution >= 0.6 is 39.7 Å². The smallest absolute Gasteiger partial charge is 0.199 e. The fourth-order valence-electron chi connectivity index (χ4n) is 1.70. The van der Waals surface area contributed by atoms with Gasteiger partial charge in [-0.1, -0.05) is 18.5 Å². The molecule has 18 heavy (non-hydrogen) atoms. The zero-order chi connectivity index (χ0) is 13.3. The van der Waals surface area contributed by atoms with Crippen molar-refractivity contribution in [1.29, 1.82) is 0 Å². The second-order valence-corrected chi connectivity index (χ2v) is 5.40. The number of hydrogen-bond acceptors (Lipinski definition) is 2. The maximum atomic E-state index is 13.2. The molecule has 0 atom stereocenters. The first kappa shape index (κ1) is 13.7. The maximum absolute atomic E-state index is 13.2. The molecule has 0 amide bonds. The molecule has 0 spiro atoms. The Bertz CT molecular complexity index is 614. The Balaban J connectivity index is 2.69. The third kappa shape index (κ3) is 2.50. The Morgan fingerprint density at radius 2 is 2.28 bits per heavy atom. The number of aromatic amines is 1. The molecule has 0 saturated carbocycles. The first-order valence-electron chi connectivity index (χ1n) is 5.35. The molecular weight excluding hydrogens is 341 g/mol. The number of nitrogens with zero attached hydrogens (tertiary/aromatic N) is 2. The summed E-state index contributed by atoms with van der Waals surface area (Å²) in [7, 11) is 0. The number of aryl methyl sites for hydroxylation is 1. The third-order valence-electron chi connectivity index (χ3n) is 2.42. The number of aromatic nitrogens is 3. The van der Waals surface area contributed by atoms with Gasteiger partial charge in [-0.3, -0.25) is 9.67 Å². The minimum Gasteiger partial charge on any atom is -0.269 e. The summed E-state index contributed by atoms with van der Waals surface area (Å²) in [5.74, 6) is 0.374. The molecule has 1 heterocycles. The van der Waals surface area contributed by atoms with Gasteiger partial charge < -0.3 is 0 Å². The topological polar surface area (TPSA) is 33.6 Å². The zero-order valence-electron chi connectivity index (χ0n) is 9.51. The number of rotatable bonds is 3. The normalized spacial score (nSPS) is 10.9. The summed E-state index contributed by atoms with van der Waals surface area (Å²) in [4.78, 5) is 0. The molecule has 0 aliphatic heterocycles. The molecule has 3 nitrogen and oxygen atoms in total. The first-order valence-corrected chi connectivity index (χ1v) is 6.93. The Morgan fingerprint density at radius 1 is 1.56 bits per heavy atom. The summed E-state index contributed by atoms with van der Waals surface area (Å²) in [6, 6.07) is 2.61. The third-order valence-corrected chi connectivity index (χ3v) is 3.59. The van der Waals surface area contributed by atoms with E-state index in [-0.39, 0.29) is 5.02 Å². The van der Waals surface area contributed by atoms with Crippen molar-refractivity contribution in [2.24, 2.45) is 0 Å². The van der Waals surface area contributed by atoms with Gasteiger partial charge in [-0.05, 0) is 46.7 Å². The lowest BCUT2D eigenvalue weighted by Gasteiger charge is -2.10. The predicted octanol–water partition coefficient (Wildman–Crippen LogP) is 4.44. The summed E-state index contributed by atoms with van der Waals surface area (Å²) in [6.07, 6.45) is 1.68. The van der Waals surface area contributed by atoms with Crippen molar-refractivity contribution in [3.63, 3.8) is 0 Å². The van der Waals surface area contributed by atoms with Crippen LogP contribution in [0.1, 0.15) is 19.2 Å². The first-order chi connectivity index (χ1) is 8.54. The van der Waals surface area contributed by atoms with Gasteiger partial charge in [0.05, 0.1) is 10.7 Å². The predicted molar refractivity (Wildman–Crippen MR) is 75.4 cm³/mol. The van der Waals surface area contributed by atoms with Crippen LogP contribution in [0.2, 0.25) is 5.02 Å². The van der Waals surface area contributed by atoms with Gasteiger partial charge in [0.15, 0.2) is 4.77 Å². The SMILES string of the molecule is CCCc1n[nH]c(=S)n1-c1c(Cl)cc(F)cc1Br. The fraction of sp³-hybridized carbons (Fsp3) is 0.273. The monoisotopic (exact) mass is 349 g/mol. The van der Waals surface area contributed by atoms with E-state index in [1.54, 1.807) is 4.57 Å². The van der Waals surface area contributed by atoms with E-state index >= 15 is 0 Å². The van der Waals surface area contributed by atoms with Crippen molar-refractivity contribution in [1.82, 2.24) is 14.8 Å². The van der Waals surface area contributed by atoms with Crippen molar-refractivity contribution in [3.05, 3.63) is 38.0 Å². The molecule has 0 radical (unpaired) electrons. The van der Waals surface area contributed by atoms with Crippen LogP contribution in [0.4, 0.5) is 4.39 Å². The Labute approximate surface area is 122 Å². The fourth-order valence-corrected chi connectivity index (χ4v) is 2.96. The Hall–Kier alpha value is -0.720. The van der Waals surface area contributed by atoms with Crippen LogP contribution in [0.25, 0.3) is 5.69 Å². The lowest BCUT2D eigenvalue weighted by molar-refractivity contribution is 0.626. The van der Waals surface area contributed by atoms with Crippen LogP contribution in [-0.4, -0.2) is 14.8 Å². The van der Waals surface area contributed by atoms with Crippen LogP contribution in [0.5, 0.6) is 0 Å². The van der Waals surface area contributed by atoms with E-state index in [9.17, 15) is 4.39 Å². The van der Waals surface area contributed by atoms with Crippen LogP contribution in [0.15, 0.2) is 16.6 Å². The highest BCUT2D eigenvalue weighted by Crippen LogP contribution is 2.31. The molecule has 0 unspecified atom stereocenters. The highest BCUT2D eigenvalue weighted by Gasteiger charge is 2.15. The lowest BCUT2D eigenvalue weighted by Crippen LogP contribution is -2.03. The van der Waals surface area contributed by atoms with E-state index in [4.69, 9.17) is 23.8 Å². The molecule has 2 aromatic rings. The molecule has 2 rings (SSSR count). The Kier molecular flexibility index (Phi) is 4.19. The average Bonchev–Trinajstić information content (AvgIpc) is 2.61.